The predicted molar refractivity (Wildman–Crippen MR) is 108 cm³/mol. The lowest BCUT2D eigenvalue weighted by Gasteiger charge is -2.36. The summed E-state index contributed by atoms with van der Waals surface area (Å²) in [6, 6.07) is 12.4. The van der Waals surface area contributed by atoms with Crippen LogP contribution in [0.3, 0.4) is 0 Å². The van der Waals surface area contributed by atoms with Gasteiger partial charge in [-0.05, 0) is 32.9 Å². The summed E-state index contributed by atoms with van der Waals surface area (Å²) < 4.78 is 16.9. The zero-order chi connectivity index (χ0) is 20.9. The molecule has 1 aromatic carbocycles. The van der Waals surface area contributed by atoms with Crippen LogP contribution in [0.1, 0.15) is 31.1 Å². The van der Waals surface area contributed by atoms with Crippen LogP contribution in [-0.2, 0) is 9.47 Å². The summed E-state index contributed by atoms with van der Waals surface area (Å²) in [5.74, 6) is 0.439. The minimum absolute atomic E-state index is 0.240. The monoisotopic (exact) mass is 398 g/mol. The van der Waals surface area contributed by atoms with E-state index >= 15 is 0 Å². The molecular weight excluding hydrogens is 372 g/mol. The van der Waals surface area contributed by atoms with Gasteiger partial charge in [0, 0.05) is 23.7 Å². The number of hydrogen-bond donors (Lipinski definition) is 0. The lowest BCUT2D eigenvalue weighted by atomic mass is 10.1. The Bertz CT molecular complexity index is 862. The van der Waals surface area contributed by atoms with E-state index in [1.54, 1.807) is 23.1 Å². The van der Waals surface area contributed by atoms with Gasteiger partial charge < -0.3 is 14.2 Å². The molecule has 2 aromatic rings. The van der Waals surface area contributed by atoms with Crippen molar-refractivity contribution in [3.05, 3.63) is 48.0 Å². The molecule has 1 unspecified atom stereocenters. The Morgan fingerprint density at radius 2 is 2.07 bits per heavy atom. The normalized spacial score (nSPS) is 16.9. The fourth-order valence-corrected chi connectivity index (χ4v) is 2.96. The minimum atomic E-state index is -0.563. The predicted octanol–water partition coefficient (Wildman–Crippen LogP) is 3.58. The number of aldehydes is 1. The van der Waals surface area contributed by atoms with E-state index < -0.39 is 5.60 Å². The van der Waals surface area contributed by atoms with E-state index in [1.807, 2.05) is 45.0 Å². The van der Waals surface area contributed by atoms with Crippen LogP contribution in [0.2, 0.25) is 0 Å². The van der Waals surface area contributed by atoms with Gasteiger partial charge in [-0.25, -0.2) is 9.78 Å². The van der Waals surface area contributed by atoms with Gasteiger partial charge in [0.25, 0.3) is 0 Å². The molecule has 1 fully saturated rings. The average molecular weight is 398 g/mol. The van der Waals surface area contributed by atoms with Crippen molar-refractivity contribution in [1.82, 2.24) is 9.88 Å². The average Bonchev–Trinajstić information content (AvgIpc) is 2.71. The highest BCUT2D eigenvalue weighted by Crippen LogP contribution is 2.21. The second kappa shape index (κ2) is 9.05. The van der Waals surface area contributed by atoms with Crippen LogP contribution >= 0.6 is 0 Å². The first kappa shape index (κ1) is 20.8. The Morgan fingerprint density at radius 1 is 1.28 bits per heavy atom. The number of hydrogen-bond acceptors (Lipinski definition) is 6. The van der Waals surface area contributed by atoms with Gasteiger partial charge in [-0.15, -0.1) is 0 Å². The van der Waals surface area contributed by atoms with Crippen molar-refractivity contribution in [2.45, 2.75) is 32.4 Å². The third-order valence-corrected chi connectivity index (χ3v) is 4.32. The number of carbonyl (C=O) groups is 2. The molecular formula is C22H26N2O5. The van der Waals surface area contributed by atoms with Crippen molar-refractivity contribution in [3.8, 4) is 17.1 Å². The zero-order valence-corrected chi connectivity index (χ0v) is 17.0. The first-order valence-corrected chi connectivity index (χ1v) is 9.58. The van der Waals surface area contributed by atoms with Crippen molar-refractivity contribution in [1.29, 1.82) is 0 Å². The van der Waals surface area contributed by atoms with E-state index in [0.29, 0.717) is 36.9 Å². The number of morpholine rings is 1. The molecule has 0 radical (unpaired) electrons. The van der Waals surface area contributed by atoms with Gasteiger partial charge in [-0.1, -0.05) is 24.3 Å². The lowest BCUT2D eigenvalue weighted by molar-refractivity contribution is -0.0421. The van der Waals surface area contributed by atoms with Gasteiger partial charge in [0.05, 0.1) is 24.9 Å². The van der Waals surface area contributed by atoms with E-state index in [2.05, 4.69) is 4.98 Å². The number of carbonyl (C=O) groups excluding carboxylic acids is 2. The number of ether oxygens (including phenoxy) is 3. The molecule has 1 saturated heterocycles. The largest absolute Gasteiger partial charge is 0.475 e. The summed E-state index contributed by atoms with van der Waals surface area (Å²) in [5.41, 5.74) is 1.56. The van der Waals surface area contributed by atoms with Crippen molar-refractivity contribution in [3.63, 3.8) is 0 Å². The Balaban J connectivity index is 1.68. The van der Waals surface area contributed by atoms with Crippen LogP contribution in [0.25, 0.3) is 11.3 Å². The van der Waals surface area contributed by atoms with Crippen LogP contribution in [0, 0.1) is 0 Å². The van der Waals surface area contributed by atoms with Gasteiger partial charge in [0.15, 0.2) is 0 Å². The maximum atomic E-state index is 12.5. The molecule has 7 heteroatoms. The number of benzene rings is 1. The van der Waals surface area contributed by atoms with Crippen LogP contribution in [-0.4, -0.2) is 60.3 Å². The summed E-state index contributed by atoms with van der Waals surface area (Å²) in [5, 5.41) is 0. The fraction of sp³-hybridized carbons (Fsp3) is 0.409. The molecule has 1 aliphatic rings. The summed E-state index contributed by atoms with van der Waals surface area (Å²) in [4.78, 5) is 29.7. The zero-order valence-electron chi connectivity index (χ0n) is 17.0. The third kappa shape index (κ3) is 5.77. The minimum Gasteiger partial charge on any atom is -0.475 e. The standard InChI is InChI=1S/C22H26N2O5/c1-22(2,3)29-21(26)24-10-11-27-14-18(24)15-28-20-9-5-8-19(23-20)17-7-4-6-16(12-17)13-25/h4-9,12-13,18H,10-11,14-15H2,1-3H3. The first-order chi connectivity index (χ1) is 13.9. The number of amides is 1. The Kier molecular flexibility index (Phi) is 6.49. The smallest absolute Gasteiger partial charge is 0.410 e. The Morgan fingerprint density at radius 3 is 2.83 bits per heavy atom. The van der Waals surface area contributed by atoms with Crippen molar-refractivity contribution < 1.29 is 23.8 Å². The van der Waals surface area contributed by atoms with Gasteiger partial charge in [-0.3, -0.25) is 9.69 Å². The molecule has 1 amide bonds. The summed E-state index contributed by atoms with van der Waals surface area (Å²) in [6.07, 6.45) is 0.430. The lowest BCUT2D eigenvalue weighted by Crippen LogP contribution is -2.52. The van der Waals surface area contributed by atoms with Crippen LogP contribution in [0.4, 0.5) is 4.79 Å². The Labute approximate surface area is 170 Å². The number of aromatic nitrogens is 1. The van der Waals surface area contributed by atoms with E-state index in [1.165, 1.54) is 0 Å². The molecule has 0 N–H and O–H groups in total. The summed E-state index contributed by atoms with van der Waals surface area (Å²) >= 11 is 0. The molecule has 0 spiro atoms. The number of nitrogens with zero attached hydrogens (tertiary/aromatic N) is 2. The summed E-state index contributed by atoms with van der Waals surface area (Å²) in [6.45, 7) is 7.06. The van der Waals surface area contributed by atoms with Gasteiger partial charge >= 0.3 is 6.09 Å². The molecule has 2 heterocycles. The van der Waals surface area contributed by atoms with E-state index in [0.717, 1.165) is 11.8 Å². The molecule has 0 aliphatic carbocycles. The molecule has 1 aliphatic heterocycles. The van der Waals surface area contributed by atoms with Crippen LogP contribution in [0.15, 0.2) is 42.5 Å². The Hall–Kier alpha value is -2.93. The van der Waals surface area contributed by atoms with Gasteiger partial charge in [0.2, 0.25) is 5.88 Å². The van der Waals surface area contributed by atoms with Crippen molar-refractivity contribution in [2.75, 3.05) is 26.4 Å². The van der Waals surface area contributed by atoms with Gasteiger partial charge in [0.1, 0.15) is 18.5 Å². The van der Waals surface area contributed by atoms with E-state index in [-0.39, 0.29) is 18.7 Å². The molecule has 1 atom stereocenters. The van der Waals surface area contributed by atoms with Gasteiger partial charge in [-0.2, -0.15) is 0 Å². The molecule has 29 heavy (non-hydrogen) atoms. The third-order valence-electron chi connectivity index (χ3n) is 4.32. The quantitative estimate of drug-likeness (QED) is 0.717. The van der Waals surface area contributed by atoms with Crippen LogP contribution < -0.4 is 4.74 Å². The summed E-state index contributed by atoms with van der Waals surface area (Å²) in [7, 11) is 0. The maximum absolute atomic E-state index is 12.5. The maximum Gasteiger partial charge on any atom is 0.410 e. The highest BCUT2D eigenvalue weighted by molar-refractivity contribution is 5.78. The fourth-order valence-electron chi connectivity index (χ4n) is 2.96. The second-order valence-corrected chi connectivity index (χ2v) is 7.82. The van der Waals surface area contributed by atoms with E-state index in [4.69, 9.17) is 14.2 Å². The van der Waals surface area contributed by atoms with E-state index in [9.17, 15) is 9.59 Å². The molecule has 7 nitrogen and oxygen atoms in total. The van der Waals surface area contributed by atoms with Crippen molar-refractivity contribution >= 4 is 12.4 Å². The van der Waals surface area contributed by atoms with Crippen LogP contribution in [0.5, 0.6) is 5.88 Å². The SMILES string of the molecule is CC(C)(C)OC(=O)N1CCOCC1COc1cccc(-c2cccc(C=O)c2)n1. The number of rotatable bonds is 5. The molecule has 0 saturated carbocycles. The van der Waals surface area contributed by atoms with Crippen molar-refractivity contribution in [2.24, 2.45) is 0 Å². The molecule has 154 valence electrons. The molecule has 1 aromatic heterocycles. The molecule has 0 bridgehead atoms. The number of pyridine rings is 1. The highest BCUT2D eigenvalue weighted by atomic mass is 16.6. The first-order valence-electron chi connectivity index (χ1n) is 9.58. The second-order valence-electron chi connectivity index (χ2n) is 7.82. The topological polar surface area (TPSA) is 78.0 Å². The molecule has 3 rings (SSSR count). The highest BCUT2D eigenvalue weighted by Gasteiger charge is 2.31.